The number of halogens is 1. The van der Waals surface area contributed by atoms with Crippen LogP contribution in [0.1, 0.15) is 18.4 Å². The Kier molecular flexibility index (Phi) is 4.32. The molecule has 1 aromatic carbocycles. The molecule has 8 heteroatoms. The van der Waals surface area contributed by atoms with Gasteiger partial charge in [-0.3, -0.25) is 9.59 Å². The van der Waals surface area contributed by atoms with Crippen molar-refractivity contribution in [2.75, 3.05) is 12.4 Å². The zero-order valence-electron chi connectivity index (χ0n) is 15.5. The van der Waals surface area contributed by atoms with Crippen molar-refractivity contribution in [3.63, 3.8) is 0 Å². The van der Waals surface area contributed by atoms with E-state index in [-0.39, 0.29) is 5.91 Å². The summed E-state index contributed by atoms with van der Waals surface area (Å²) in [7, 11) is 1.56. The average molecular weight is 402 g/mol. The number of anilines is 1. The molecular formula is C20H20ClN3O4. The van der Waals surface area contributed by atoms with Crippen molar-refractivity contribution in [2.24, 2.45) is 17.1 Å². The second-order valence-corrected chi connectivity index (χ2v) is 7.90. The summed E-state index contributed by atoms with van der Waals surface area (Å²) in [5, 5.41) is 3.39. The fraction of sp³-hybridized carbons (Fsp3) is 0.350. The van der Waals surface area contributed by atoms with Gasteiger partial charge in [-0.25, -0.2) is 4.98 Å². The van der Waals surface area contributed by atoms with Gasteiger partial charge in [-0.1, -0.05) is 11.6 Å². The molecule has 3 fully saturated rings. The van der Waals surface area contributed by atoms with Crippen LogP contribution in [0.4, 0.5) is 5.69 Å². The molecule has 0 aliphatic heterocycles. The molecule has 0 spiro atoms. The van der Waals surface area contributed by atoms with E-state index < -0.39 is 22.8 Å². The minimum Gasteiger partial charge on any atom is -0.439 e. The summed E-state index contributed by atoms with van der Waals surface area (Å²) >= 11 is 5.82. The molecule has 146 valence electrons. The molecule has 0 saturated heterocycles. The zero-order valence-corrected chi connectivity index (χ0v) is 16.2. The Hall–Kier alpha value is -2.64. The normalized spacial score (nSPS) is 27.3. The largest absolute Gasteiger partial charge is 0.439 e. The molecule has 5 rings (SSSR count). The van der Waals surface area contributed by atoms with Crippen molar-refractivity contribution in [3.05, 3.63) is 47.1 Å². The van der Waals surface area contributed by atoms with Gasteiger partial charge in [0.2, 0.25) is 17.7 Å². The quantitative estimate of drug-likeness (QED) is 0.774. The number of methoxy groups -OCH3 is 1. The van der Waals surface area contributed by atoms with Gasteiger partial charge in [0.25, 0.3) is 0 Å². The van der Waals surface area contributed by atoms with Crippen LogP contribution in [-0.2, 0) is 14.3 Å². The van der Waals surface area contributed by atoms with Gasteiger partial charge in [-0.15, -0.1) is 0 Å². The molecule has 28 heavy (non-hydrogen) atoms. The van der Waals surface area contributed by atoms with Gasteiger partial charge in [-0.05, 0) is 49.6 Å². The van der Waals surface area contributed by atoms with E-state index in [9.17, 15) is 9.59 Å². The Labute approximate surface area is 167 Å². The minimum absolute atomic E-state index is 0.259. The highest BCUT2D eigenvalue weighted by Crippen LogP contribution is 2.73. The Bertz CT molecular complexity index is 954. The highest BCUT2D eigenvalue weighted by atomic mass is 35.5. The molecule has 2 bridgehead atoms. The predicted molar refractivity (Wildman–Crippen MR) is 103 cm³/mol. The number of primary amides is 1. The van der Waals surface area contributed by atoms with E-state index in [0.29, 0.717) is 35.2 Å². The Morgan fingerprint density at radius 2 is 2.04 bits per heavy atom. The first-order chi connectivity index (χ1) is 13.3. The van der Waals surface area contributed by atoms with E-state index in [2.05, 4.69) is 10.3 Å². The molecule has 2 amide bonds. The lowest BCUT2D eigenvalue weighted by Gasteiger charge is -2.72. The lowest BCUT2D eigenvalue weighted by molar-refractivity contribution is -0.301. The number of hydrogen-bond donors (Lipinski definition) is 2. The van der Waals surface area contributed by atoms with E-state index in [0.717, 1.165) is 5.56 Å². The van der Waals surface area contributed by atoms with Crippen molar-refractivity contribution < 1.29 is 19.1 Å². The third-order valence-corrected chi connectivity index (χ3v) is 6.05. The lowest BCUT2D eigenvalue weighted by atomic mass is 9.34. The number of hydrogen-bond acceptors (Lipinski definition) is 5. The van der Waals surface area contributed by atoms with E-state index in [1.165, 1.54) is 6.20 Å². The van der Waals surface area contributed by atoms with Crippen LogP contribution in [0.2, 0.25) is 5.02 Å². The van der Waals surface area contributed by atoms with Gasteiger partial charge in [0.05, 0.1) is 22.0 Å². The number of aryl methyl sites for hydroxylation is 1. The molecule has 7 nitrogen and oxygen atoms in total. The SMILES string of the molecule is COC12CC(C(N)=O)(C1)C2C(=O)Nc1ccc(Oc2ccc(Cl)cn2)c(C)c1. The summed E-state index contributed by atoms with van der Waals surface area (Å²) < 4.78 is 11.2. The number of nitrogens with zero attached hydrogens (tertiary/aromatic N) is 1. The topological polar surface area (TPSA) is 104 Å². The Morgan fingerprint density at radius 3 is 2.61 bits per heavy atom. The van der Waals surface area contributed by atoms with Crippen molar-refractivity contribution in [3.8, 4) is 11.6 Å². The van der Waals surface area contributed by atoms with Crippen LogP contribution >= 0.6 is 11.6 Å². The first-order valence-electron chi connectivity index (χ1n) is 8.86. The summed E-state index contributed by atoms with van der Waals surface area (Å²) in [6.07, 6.45) is 2.51. The molecule has 3 N–H and O–H groups in total. The average Bonchev–Trinajstić information content (AvgIpc) is 2.57. The van der Waals surface area contributed by atoms with Crippen LogP contribution in [0.3, 0.4) is 0 Å². The van der Waals surface area contributed by atoms with Crippen LogP contribution < -0.4 is 15.8 Å². The number of nitrogens with two attached hydrogens (primary N) is 1. The smallest absolute Gasteiger partial charge is 0.231 e. The summed E-state index contributed by atoms with van der Waals surface area (Å²) in [6.45, 7) is 1.86. The summed E-state index contributed by atoms with van der Waals surface area (Å²) in [4.78, 5) is 28.7. The second kappa shape index (κ2) is 6.46. The first-order valence-corrected chi connectivity index (χ1v) is 9.23. The van der Waals surface area contributed by atoms with Gasteiger partial charge < -0.3 is 20.5 Å². The summed E-state index contributed by atoms with van der Waals surface area (Å²) in [6, 6.07) is 8.64. The number of carbonyl (C=O) groups is 2. The monoisotopic (exact) mass is 401 g/mol. The van der Waals surface area contributed by atoms with Crippen LogP contribution in [-0.4, -0.2) is 29.5 Å². The van der Waals surface area contributed by atoms with Crippen molar-refractivity contribution in [1.29, 1.82) is 0 Å². The minimum atomic E-state index is -0.779. The molecule has 1 atom stereocenters. The van der Waals surface area contributed by atoms with Crippen LogP contribution in [0, 0.1) is 18.3 Å². The Balaban J connectivity index is 1.47. The lowest BCUT2D eigenvalue weighted by Crippen LogP contribution is -2.82. The maximum Gasteiger partial charge on any atom is 0.231 e. The molecular weight excluding hydrogens is 382 g/mol. The van der Waals surface area contributed by atoms with Crippen LogP contribution in [0.15, 0.2) is 36.5 Å². The third kappa shape index (κ3) is 2.73. The standard InChI is InChI=1S/C20H20ClN3O4/c1-11-7-13(4-5-14(11)28-15-6-3-12(21)8-23-15)24-17(25)16-19(18(22)26)9-20(16,10-19)27-2/h3-8,16H,9-10H2,1-2H3,(H2,22,26)(H,24,25). The maximum absolute atomic E-state index is 12.8. The van der Waals surface area contributed by atoms with Gasteiger partial charge in [-0.2, -0.15) is 0 Å². The molecule has 1 aromatic heterocycles. The molecule has 1 unspecified atom stereocenters. The first kappa shape index (κ1) is 18.7. The van der Waals surface area contributed by atoms with E-state index in [1.54, 1.807) is 37.4 Å². The number of nitrogens with one attached hydrogen (secondary N) is 1. The number of carbonyl (C=O) groups excluding carboxylic acids is 2. The van der Waals surface area contributed by atoms with Gasteiger partial charge >= 0.3 is 0 Å². The number of amides is 2. The van der Waals surface area contributed by atoms with E-state index in [1.807, 2.05) is 6.92 Å². The molecule has 3 saturated carbocycles. The predicted octanol–water partition coefficient (Wildman–Crippen LogP) is 3.05. The van der Waals surface area contributed by atoms with Crippen LogP contribution in [0.5, 0.6) is 11.6 Å². The molecule has 3 aliphatic carbocycles. The molecule has 1 heterocycles. The van der Waals surface area contributed by atoms with Gasteiger partial charge in [0, 0.05) is 25.1 Å². The number of benzene rings is 1. The fourth-order valence-electron chi connectivity index (χ4n) is 4.33. The Morgan fingerprint density at radius 1 is 1.29 bits per heavy atom. The van der Waals surface area contributed by atoms with E-state index >= 15 is 0 Å². The fourth-order valence-corrected chi connectivity index (χ4v) is 4.44. The third-order valence-electron chi connectivity index (χ3n) is 5.82. The number of rotatable bonds is 6. The van der Waals surface area contributed by atoms with E-state index in [4.69, 9.17) is 26.8 Å². The van der Waals surface area contributed by atoms with Crippen LogP contribution in [0.25, 0.3) is 0 Å². The van der Waals surface area contributed by atoms with Crippen molar-refractivity contribution >= 4 is 29.1 Å². The van der Waals surface area contributed by atoms with Crippen molar-refractivity contribution in [2.45, 2.75) is 25.4 Å². The van der Waals surface area contributed by atoms with Crippen molar-refractivity contribution in [1.82, 2.24) is 4.98 Å². The number of aromatic nitrogens is 1. The summed E-state index contributed by atoms with van der Waals surface area (Å²) in [5.74, 6) is -0.227. The summed E-state index contributed by atoms with van der Waals surface area (Å²) in [5.41, 5.74) is 5.60. The molecule has 0 radical (unpaired) electrons. The second-order valence-electron chi connectivity index (χ2n) is 7.46. The number of pyridine rings is 1. The highest BCUT2D eigenvalue weighted by Gasteiger charge is 2.81. The number of ether oxygens (including phenoxy) is 2. The molecule has 3 aliphatic rings. The van der Waals surface area contributed by atoms with Gasteiger partial charge in [0.1, 0.15) is 5.75 Å². The zero-order chi connectivity index (χ0) is 20.1. The van der Waals surface area contributed by atoms with Gasteiger partial charge in [0.15, 0.2) is 0 Å². The highest BCUT2D eigenvalue weighted by molar-refractivity contribution is 6.30. The maximum atomic E-state index is 12.8. The molecule has 2 aromatic rings.